The molecule has 0 spiro atoms. The summed E-state index contributed by atoms with van der Waals surface area (Å²) in [6, 6.07) is 21.9. The van der Waals surface area contributed by atoms with Gasteiger partial charge in [0.2, 0.25) is 0 Å². The predicted molar refractivity (Wildman–Crippen MR) is 153 cm³/mol. The van der Waals surface area contributed by atoms with E-state index in [0.717, 1.165) is 22.1 Å². The van der Waals surface area contributed by atoms with Crippen LogP contribution in [0.4, 0.5) is 15.0 Å². The van der Waals surface area contributed by atoms with Crippen LogP contribution in [0.15, 0.2) is 82.7 Å². The number of rotatable bonds is 5. The Balaban J connectivity index is 1.25. The number of benzene rings is 3. The molecule has 3 aromatic carbocycles. The average molecular weight is 558 g/mol. The number of aromatic nitrogens is 2. The third-order valence-corrected chi connectivity index (χ3v) is 8.77. The molecule has 40 heavy (non-hydrogen) atoms. The van der Waals surface area contributed by atoms with Crippen molar-refractivity contribution in [2.24, 2.45) is 4.99 Å². The number of fused-ring (bicyclic) bond motifs is 2. The molecular formula is C30H28FN5O3S. The van der Waals surface area contributed by atoms with Gasteiger partial charge in [0.25, 0.3) is 0 Å². The molecule has 2 aliphatic rings. The van der Waals surface area contributed by atoms with E-state index in [1.165, 1.54) is 4.90 Å². The maximum atomic E-state index is 15.2. The van der Waals surface area contributed by atoms with Crippen molar-refractivity contribution in [2.75, 3.05) is 25.0 Å². The van der Waals surface area contributed by atoms with Crippen molar-refractivity contribution in [1.29, 1.82) is 0 Å². The van der Waals surface area contributed by atoms with E-state index in [0.29, 0.717) is 22.1 Å². The lowest BCUT2D eigenvalue weighted by Gasteiger charge is -2.21. The standard InChI is InChI=1S/C30H28FN5O3S/c1-19-11-12-24-22(13-19)28(35-29(33-24)27-15-32-14-21-9-5-6-10-26(21)40(27)38)34-25-17-36(16-23(25)31)30(37)39-18-20-7-3-2-4-8-20/h2-14,23,25,27H,15-18H2,1H3,(H,33,34,35)/t23-,25-,27?,40?/m1/s1. The quantitative estimate of drug-likeness (QED) is 0.347. The number of hydrogen-bond acceptors (Lipinski definition) is 7. The lowest BCUT2D eigenvalue weighted by atomic mass is 10.1. The minimum atomic E-state index is -1.44. The molecule has 4 atom stereocenters. The summed E-state index contributed by atoms with van der Waals surface area (Å²) in [5.74, 6) is 0.813. The van der Waals surface area contributed by atoms with Crippen molar-refractivity contribution >= 4 is 40.2 Å². The largest absolute Gasteiger partial charge is 0.611 e. The molecule has 4 aromatic rings. The highest BCUT2D eigenvalue weighted by atomic mass is 32.2. The van der Waals surface area contributed by atoms with Gasteiger partial charge in [-0.15, -0.1) is 0 Å². The number of carbonyl (C=O) groups is 1. The van der Waals surface area contributed by atoms with Crippen molar-refractivity contribution < 1.29 is 18.5 Å². The molecule has 1 fully saturated rings. The fourth-order valence-electron chi connectivity index (χ4n) is 4.97. The molecule has 2 aliphatic heterocycles. The zero-order valence-electron chi connectivity index (χ0n) is 21.9. The summed E-state index contributed by atoms with van der Waals surface area (Å²) in [6.45, 7) is 2.37. The summed E-state index contributed by atoms with van der Waals surface area (Å²) in [5, 5.41) is 3.39. The number of ether oxygens (including phenoxy) is 1. The third-order valence-electron chi connectivity index (χ3n) is 7.09. The summed E-state index contributed by atoms with van der Waals surface area (Å²) in [4.78, 5) is 28.8. The fourth-order valence-corrected chi connectivity index (χ4v) is 6.36. The maximum absolute atomic E-state index is 15.2. The van der Waals surface area contributed by atoms with Gasteiger partial charge in [-0.05, 0) is 47.9 Å². The number of alkyl halides is 1. The van der Waals surface area contributed by atoms with Crippen LogP contribution >= 0.6 is 0 Å². The first-order chi connectivity index (χ1) is 19.5. The minimum absolute atomic E-state index is 0.0850. The van der Waals surface area contributed by atoms with Gasteiger partial charge >= 0.3 is 6.09 Å². The third kappa shape index (κ3) is 5.37. The van der Waals surface area contributed by atoms with Gasteiger partial charge in [-0.1, -0.05) is 54.1 Å². The van der Waals surface area contributed by atoms with E-state index in [9.17, 15) is 9.35 Å². The molecule has 1 aromatic heterocycles. The molecule has 3 heterocycles. The Morgan fingerprint density at radius 2 is 1.90 bits per heavy atom. The molecule has 0 aliphatic carbocycles. The van der Waals surface area contributed by atoms with Crippen LogP contribution in [0.1, 0.15) is 27.8 Å². The number of likely N-dealkylation sites (tertiary alicyclic amines) is 1. The van der Waals surface area contributed by atoms with Crippen LogP contribution in [0.3, 0.4) is 0 Å². The zero-order valence-corrected chi connectivity index (χ0v) is 22.7. The molecule has 2 unspecified atom stereocenters. The van der Waals surface area contributed by atoms with E-state index in [2.05, 4.69) is 10.3 Å². The van der Waals surface area contributed by atoms with Gasteiger partial charge in [0, 0.05) is 23.7 Å². The number of anilines is 1. The van der Waals surface area contributed by atoms with Gasteiger partial charge in [0.05, 0.1) is 24.6 Å². The van der Waals surface area contributed by atoms with Crippen LogP contribution in [0.5, 0.6) is 0 Å². The monoisotopic (exact) mass is 557 g/mol. The number of amides is 1. The molecule has 0 radical (unpaired) electrons. The number of halogens is 1. The molecular weight excluding hydrogens is 529 g/mol. The summed E-state index contributed by atoms with van der Waals surface area (Å²) in [6.07, 6.45) is -0.162. The van der Waals surface area contributed by atoms with E-state index in [-0.39, 0.29) is 26.2 Å². The molecule has 1 N–H and O–H groups in total. The predicted octanol–water partition coefficient (Wildman–Crippen LogP) is 4.99. The van der Waals surface area contributed by atoms with Crippen molar-refractivity contribution in [3.63, 3.8) is 0 Å². The summed E-state index contributed by atoms with van der Waals surface area (Å²) in [7, 11) is 0. The Morgan fingerprint density at radius 1 is 1.10 bits per heavy atom. The Kier molecular flexibility index (Phi) is 7.36. The van der Waals surface area contributed by atoms with E-state index < -0.39 is 34.7 Å². The number of hydrogen-bond donors (Lipinski definition) is 1. The van der Waals surface area contributed by atoms with E-state index in [4.69, 9.17) is 14.7 Å². The lowest BCUT2D eigenvalue weighted by Crippen LogP contribution is -2.33. The molecule has 8 nitrogen and oxygen atoms in total. The van der Waals surface area contributed by atoms with Gasteiger partial charge in [0.15, 0.2) is 16.0 Å². The number of nitrogens with one attached hydrogen (secondary N) is 1. The zero-order chi connectivity index (χ0) is 27.6. The van der Waals surface area contributed by atoms with Crippen LogP contribution in [0, 0.1) is 6.92 Å². The average Bonchev–Trinajstić information content (AvgIpc) is 3.25. The Labute approximate surface area is 234 Å². The normalized spacial score (nSPS) is 22.1. The van der Waals surface area contributed by atoms with Crippen LogP contribution in [0.2, 0.25) is 0 Å². The van der Waals surface area contributed by atoms with Gasteiger partial charge in [-0.2, -0.15) is 0 Å². The van der Waals surface area contributed by atoms with E-state index >= 15 is 4.39 Å². The highest BCUT2D eigenvalue weighted by Crippen LogP contribution is 2.34. The van der Waals surface area contributed by atoms with Crippen LogP contribution in [-0.2, 0) is 22.5 Å². The lowest BCUT2D eigenvalue weighted by molar-refractivity contribution is 0.102. The van der Waals surface area contributed by atoms with E-state index in [1.807, 2.05) is 79.7 Å². The van der Waals surface area contributed by atoms with Gasteiger partial charge in [-0.3, -0.25) is 4.99 Å². The van der Waals surface area contributed by atoms with Gasteiger partial charge < -0.3 is 19.5 Å². The fraction of sp³-hybridized carbons (Fsp3) is 0.267. The smallest absolute Gasteiger partial charge is 0.410 e. The molecule has 6 rings (SSSR count). The van der Waals surface area contributed by atoms with Crippen molar-refractivity contribution in [3.05, 3.63) is 95.3 Å². The SMILES string of the molecule is Cc1ccc2nc(C3CN=Cc4ccccc4[S+]3[O-])nc(N[C@@H]3CN(C(=O)OCc4ccccc4)C[C@H]3F)c2c1. The highest BCUT2D eigenvalue weighted by Gasteiger charge is 2.38. The Bertz CT molecular complexity index is 1570. The molecule has 10 heteroatoms. The van der Waals surface area contributed by atoms with Crippen molar-refractivity contribution in [3.8, 4) is 0 Å². The first-order valence-corrected chi connectivity index (χ1v) is 14.3. The minimum Gasteiger partial charge on any atom is -0.611 e. The Morgan fingerprint density at radius 3 is 2.75 bits per heavy atom. The topological polar surface area (TPSA) is 103 Å². The van der Waals surface area contributed by atoms with Crippen molar-refractivity contribution in [1.82, 2.24) is 14.9 Å². The van der Waals surface area contributed by atoms with E-state index in [1.54, 1.807) is 6.21 Å². The van der Waals surface area contributed by atoms with Crippen molar-refractivity contribution in [2.45, 2.75) is 35.9 Å². The summed E-state index contributed by atoms with van der Waals surface area (Å²) < 4.78 is 34.3. The number of carbonyl (C=O) groups excluding carboxylic acids is 1. The highest BCUT2D eigenvalue weighted by molar-refractivity contribution is 7.91. The van der Waals surface area contributed by atoms with Crippen LogP contribution in [-0.4, -0.2) is 63.6 Å². The molecule has 0 saturated carbocycles. The first kappa shape index (κ1) is 26.2. The second-order valence-electron chi connectivity index (χ2n) is 9.98. The molecule has 204 valence electrons. The van der Waals surface area contributed by atoms with Crippen LogP contribution < -0.4 is 5.32 Å². The second-order valence-corrected chi connectivity index (χ2v) is 11.6. The molecule has 1 amide bonds. The molecule has 1 saturated heterocycles. The number of aliphatic imine (C=N–C) groups is 1. The molecule has 0 bridgehead atoms. The second kappa shape index (κ2) is 11.2. The Hall–Kier alpha value is -4.02. The first-order valence-electron chi connectivity index (χ1n) is 13.1. The van der Waals surface area contributed by atoms with Gasteiger partial charge in [-0.25, -0.2) is 19.2 Å². The summed E-state index contributed by atoms with van der Waals surface area (Å²) in [5.41, 5.74) is 3.32. The van der Waals surface area contributed by atoms with Gasteiger partial charge in [0.1, 0.15) is 18.6 Å². The van der Waals surface area contributed by atoms with Crippen LogP contribution in [0.25, 0.3) is 10.9 Å². The maximum Gasteiger partial charge on any atom is 0.410 e. The number of aryl methyl sites for hydroxylation is 1. The number of nitrogens with zero attached hydrogens (tertiary/aromatic N) is 4. The summed E-state index contributed by atoms with van der Waals surface area (Å²) >= 11 is -1.44.